The van der Waals surface area contributed by atoms with Gasteiger partial charge in [-0.25, -0.2) is 0 Å². The van der Waals surface area contributed by atoms with Gasteiger partial charge < -0.3 is 10.4 Å². The van der Waals surface area contributed by atoms with E-state index in [2.05, 4.69) is 22.5 Å². The molecular formula is C25H23ClN4O3S. The third-order valence-corrected chi connectivity index (χ3v) is 8.15. The fraction of sp³-hybridized carbons (Fsp3) is 0.320. The molecule has 2 aromatic carbocycles. The molecule has 9 heteroatoms. The number of aliphatic carboxylic acids is 1. The summed E-state index contributed by atoms with van der Waals surface area (Å²) in [6.45, 7) is 1.61. The normalized spacial score (nSPS) is 22.3. The van der Waals surface area contributed by atoms with E-state index in [1.165, 1.54) is 35.7 Å². The second-order valence-corrected chi connectivity index (χ2v) is 10.7. The standard InChI is InChI=1S/C25H23ClN4O3S/c26-19-5-4-16(20(9-19)15-2-3-15)13-30-21-6-1-14(7-17(21)10-27-30)8-22-23(31)28-25(34-22)29-11-18(12-29)24(32)33/h1,4-10,15,18,25H,2-3,11-13H2,(H,28,31)(H,32,33). The Morgan fingerprint density at radius 1 is 1.24 bits per heavy atom. The van der Waals surface area contributed by atoms with Crippen LogP contribution < -0.4 is 5.32 Å². The molecule has 1 aromatic heterocycles. The highest BCUT2D eigenvalue weighted by molar-refractivity contribution is 8.05. The van der Waals surface area contributed by atoms with E-state index in [-0.39, 0.29) is 17.3 Å². The SMILES string of the molecule is O=C1NC(N2CC(C(=O)O)C2)SC1=Cc1ccc2c(cnn2Cc2ccc(Cl)cc2C2CC2)c1. The third-order valence-electron chi connectivity index (χ3n) is 6.72. The van der Waals surface area contributed by atoms with Crippen molar-refractivity contribution < 1.29 is 14.7 Å². The molecular weight excluding hydrogens is 472 g/mol. The Balaban J connectivity index is 1.19. The van der Waals surface area contributed by atoms with Gasteiger partial charge in [0.2, 0.25) is 0 Å². The Labute approximate surface area is 205 Å². The molecule has 174 valence electrons. The van der Waals surface area contributed by atoms with Gasteiger partial charge in [0.15, 0.2) is 0 Å². The lowest BCUT2D eigenvalue weighted by atomic mass is 10.0. The van der Waals surface area contributed by atoms with Crippen LogP contribution in [0.5, 0.6) is 0 Å². The van der Waals surface area contributed by atoms with Crippen molar-refractivity contribution in [2.24, 2.45) is 5.92 Å². The van der Waals surface area contributed by atoms with E-state index in [4.69, 9.17) is 16.7 Å². The first-order valence-electron chi connectivity index (χ1n) is 11.3. The molecule has 1 saturated carbocycles. The number of rotatable bonds is 6. The van der Waals surface area contributed by atoms with Gasteiger partial charge in [-0.3, -0.25) is 19.2 Å². The van der Waals surface area contributed by atoms with E-state index in [0.29, 0.717) is 30.5 Å². The molecule has 3 aromatic rings. The molecule has 0 radical (unpaired) electrons. The van der Waals surface area contributed by atoms with Crippen LogP contribution in [0.4, 0.5) is 0 Å². The van der Waals surface area contributed by atoms with E-state index in [9.17, 15) is 9.59 Å². The van der Waals surface area contributed by atoms with E-state index in [0.717, 1.165) is 21.5 Å². The summed E-state index contributed by atoms with van der Waals surface area (Å²) in [5.74, 6) is -0.647. The molecule has 2 saturated heterocycles. The number of aromatic nitrogens is 2. The maximum atomic E-state index is 12.5. The monoisotopic (exact) mass is 494 g/mol. The third kappa shape index (κ3) is 4.10. The van der Waals surface area contributed by atoms with Gasteiger partial charge in [0, 0.05) is 23.5 Å². The number of carboxylic acids is 1. The number of nitrogens with zero attached hydrogens (tertiary/aromatic N) is 3. The number of carbonyl (C=O) groups excluding carboxylic acids is 1. The first kappa shape index (κ1) is 21.7. The van der Waals surface area contributed by atoms with Gasteiger partial charge in [-0.05, 0) is 65.8 Å². The molecule has 1 unspecified atom stereocenters. The van der Waals surface area contributed by atoms with Crippen LogP contribution in [-0.2, 0) is 16.1 Å². The molecule has 34 heavy (non-hydrogen) atoms. The van der Waals surface area contributed by atoms with Crippen molar-refractivity contribution in [3.8, 4) is 0 Å². The Kier molecular flexibility index (Phi) is 5.39. The van der Waals surface area contributed by atoms with Gasteiger partial charge in [0.1, 0.15) is 5.50 Å². The zero-order valence-electron chi connectivity index (χ0n) is 18.3. The summed E-state index contributed by atoms with van der Waals surface area (Å²) < 4.78 is 2.01. The molecule has 1 amide bonds. The van der Waals surface area contributed by atoms with Crippen molar-refractivity contribution in [3.05, 3.63) is 69.2 Å². The number of hydrogen-bond donors (Lipinski definition) is 2. The first-order valence-corrected chi connectivity index (χ1v) is 12.6. The number of amides is 1. The fourth-order valence-corrected chi connectivity index (χ4v) is 5.91. The number of thioether (sulfide) groups is 1. The summed E-state index contributed by atoms with van der Waals surface area (Å²) in [7, 11) is 0. The summed E-state index contributed by atoms with van der Waals surface area (Å²) >= 11 is 7.67. The maximum absolute atomic E-state index is 12.5. The minimum absolute atomic E-state index is 0.125. The number of carbonyl (C=O) groups is 2. The van der Waals surface area contributed by atoms with Gasteiger partial charge in [-0.15, -0.1) is 0 Å². The lowest BCUT2D eigenvalue weighted by Gasteiger charge is -2.39. The van der Waals surface area contributed by atoms with Crippen molar-refractivity contribution in [2.45, 2.75) is 30.8 Å². The summed E-state index contributed by atoms with van der Waals surface area (Å²) in [4.78, 5) is 26.1. The molecule has 2 N–H and O–H groups in total. The van der Waals surface area contributed by atoms with Crippen molar-refractivity contribution in [1.29, 1.82) is 0 Å². The largest absolute Gasteiger partial charge is 0.481 e. The number of carboxylic acid groups (broad SMARTS) is 1. The van der Waals surface area contributed by atoms with Crippen LogP contribution in [0.2, 0.25) is 5.02 Å². The molecule has 3 heterocycles. The van der Waals surface area contributed by atoms with E-state index in [1.54, 1.807) is 0 Å². The van der Waals surface area contributed by atoms with Crippen LogP contribution in [0, 0.1) is 5.92 Å². The molecule has 1 atom stereocenters. The van der Waals surface area contributed by atoms with Gasteiger partial charge in [0.25, 0.3) is 5.91 Å². The second-order valence-electron chi connectivity index (χ2n) is 9.18. The van der Waals surface area contributed by atoms with Crippen molar-refractivity contribution in [2.75, 3.05) is 13.1 Å². The first-order chi connectivity index (χ1) is 16.4. The quantitative estimate of drug-likeness (QED) is 0.501. The Hall–Kier alpha value is -2.81. The van der Waals surface area contributed by atoms with E-state index < -0.39 is 5.97 Å². The van der Waals surface area contributed by atoms with Crippen LogP contribution in [0.15, 0.2) is 47.5 Å². The zero-order chi connectivity index (χ0) is 23.4. The Morgan fingerprint density at radius 3 is 2.82 bits per heavy atom. The number of nitrogens with one attached hydrogen (secondary N) is 1. The Bertz CT molecular complexity index is 1340. The molecule has 7 nitrogen and oxygen atoms in total. The van der Waals surface area contributed by atoms with E-state index >= 15 is 0 Å². The average molecular weight is 495 g/mol. The highest BCUT2D eigenvalue weighted by Gasteiger charge is 2.41. The average Bonchev–Trinajstić information content (AvgIpc) is 3.46. The number of benzene rings is 2. The molecule has 1 aliphatic carbocycles. The predicted molar refractivity (Wildman–Crippen MR) is 132 cm³/mol. The zero-order valence-corrected chi connectivity index (χ0v) is 19.9. The maximum Gasteiger partial charge on any atom is 0.309 e. The topological polar surface area (TPSA) is 87.5 Å². The summed E-state index contributed by atoms with van der Waals surface area (Å²) in [5, 5.41) is 18.4. The van der Waals surface area contributed by atoms with Crippen LogP contribution in [-0.4, -0.2) is 50.3 Å². The number of fused-ring (bicyclic) bond motifs is 1. The van der Waals surface area contributed by atoms with Crippen molar-refractivity contribution >= 4 is 52.2 Å². The van der Waals surface area contributed by atoms with Gasteiger partial charge in [0.05, 0.1) is 29.1 Å². The van der Waals surface area contributed by atoms with Crippen molar-refractivity contribution in [1.82, 2.24) is 20.0 Å². The van der Waals surface area contributed by atoms with Gasteiger partial charge in [-0.1, -0.05) is 35.5 Å². The van der Waals surface area contributed by atoms with Gasteiger partial charge >= 0.3 is 5.97 Å². The van der Waals surface area contributed by atoms with Crippen molar-refractivity contribution in [3.63, 3.8) is 0 Å². The van der Waals surface area contributed by atoms with Crippen LogP contribution in [0.1, 0.15) is 35.4 Å². The lowest BCUT2D eigenvalue weighted by molar-refractivity contribution is -0.148. The number of hydrogen-bond acceptors (Lipinski definition) is 5. The van der Waals surface area contributed by atoms with Crippen LogP contribution in [0.3, 0.4) is 0 Å². The molecule has 2 aliphatic heterocycles. The fourth-order valence-electron chi connectivity index (χ4n) is 4.63. The smallest absolute Gasteiger partial charge is 0.309 e. The van der Waals surface area contributed by atoms with Crippen LogP contribution >= 0.6 is 23.4 Å². The summed E-state index contributed by atoms with van der Waals surface area (Å²) in [6, 6.07) is 12.2. The molecule has 3 aliphatic rings. The molecule has 3 fully saturated rings. The summed E-state index contributed by atoms with van der Waals surface area (Å²) in [5.41, 5.74) is 4.35. The highest BCUT2D eigenvalue weighted by atomic mass is 35.5. The second kappa shape index (κ2) is 8.45. The molecule has 6 rings (SSSR count). The van der Waals surface area contributed by atoms with Gasteiger partial charge in [-0.2, -0.15) is 5.10 Å². The lowest BCUT2D eigenvalue weighted by Crippen LogP contribution is -2.56. The highest BCUT2D eigenvalue weighted by Crippen LogP contribution is 2.43. The number of halogens is 1. The summed E-state index contributed by atoms with van der Waals surface area (Å²) in [6.07, 6.45) is 6.18. The van der Waals surface area contributed by atoms with Crippen LogP contribution in [0.25, 0.3) is 17.0 Å². The number of likely N-dealkylation sites (tertiary alicyclic amines) is 1. The minimum Gasteiger partial charge on any atom is -0.481 e. The molecule has 0 spiro atoms. The minimum atomic E-state index is -0.782. The van der Waals surface area contributed by atoms with E-state index in [1.807, 2.05) is 46.1 Å². The Morgan fingerprint density at radius 2 is 2.06 bits per heavy atom. The molecule has 0 bridgehead atoms. The predicted octanol–water partition coefficient (Wildman–Crippen LogP) is 4.12.